The summed E-state index contributed by atoms with van der Waals surface area (Å²) in [6.45, 7) is 4.62. The lowest BCUT2D eigenvalue weighted by molar-refractivity contribution is 0.0901. The minimum Gasteiger partial charge on any atom is -0.329 e. The highest BCUT2D eigenvalue weighted by atomic mass is 19.1. The number of nitrogens with zero attached hydrogens (tertiary/aromatic N) is 2. The molecule has 0 aliphatic heterocycles. The molecule has 0 spiro atoms. The summed E-state index contributed by atoms with van der Waals surface area (Å²) in [6, 6.07) is 1.58. The van der Waals surface area contributed by atoms with Crippen molar-refractivity contribution in [1.29, 1.82) is 0 Å². The summed E-state index contributed by atoms with van der Waals surface area (Å²) in [5, 5.41) is 0. The standard InChI is InChI=1S/C15H24FN3/c1-2-7-19(15(12-17)5-3-4-6-15)11-13-8-14(16)10-18-9-13/h8-10H,2-7,11-12,17H2,1H3. The van der Waals surface area contributed by atoms with Gasteiger partial charge in [-0.1, -0.05) is 19.8 Å². The molecule has 2 rings (SSSR count). The summed E-state index contributed by atoms with van der Waals surface area (Å²) in [5.74, 6) is -0.262. The summed E-state index contributed by atoms with van der Waals surface area (Å²) in [5.41, 5.74) is 7.10. The molecule has 106 valence electrons. The maximum absolute atomic E-state index is 13.3. The predicted octanol–water partition coefficient (Wildman–Crippen LogP) is 2.70. The SMILES string of the molecule is CCCN(Cc1cncc(F)c1)C1(CN)CCCC1. The molecular weight excluding hydrogens is 241 g/mol. The van der Waals surface area contributed by atoms with Crippen molar-refractivity contribution in [2.75, 3.05) is 13.1 Å². The lowest BCUT2D eigenvalue weighted by Crippen LogP contribution is -2.51. The molecule has 0 atom stereocenters. The van der Waals surface area contributed by atoms with E-state index in [0.717, 1.165) is 37.9 Å². The van der Waals surface area contributed by atoms with E-state index in [0.29, 0.717) is 6.54 Å². The number of rotatable bonds is 6. The van der Waals surface area contributed by atoms with Gasteiger partial charge in [0.25, 0.3) is 0 Å². The Morgan fingerprint density at radius 1 is 1.37 bits per heavy atom. The Labute approximate surface area is 115 Å². The van der Waals surface area contributed by atoms with Crippen LogP contribution in [0.4, 0.5) is 4.39 Å². The second kappa shape index (κ2) is 6.44. The van der Waals surface area contributed by atoms with Gasteiger partial charge in [-0.15, -0.1) is 0 Å². The van der Waals surface area contributed by atoms with Gasteiger partial charge in [-0.2, -0.15) is 0 Å². The summed E-state index contributed by atoms with van der Waals surface area (Å²) in [4.78, 5) is 6.38. The van der Waals surface area contributed by atoms with Gasteiger partial charge in [0.05, 0.1) is 6.20 Å². The summed E-state index contributed by atoms with van der Waals surface area (Å²) < 4.78 is 13.3. The van der Waals surface area contributed by atoms with Crippen LogP contribution >= 0.6 is 0 Å². The topological polar surface area (TPSA) is 42.2 Å². The van der Waals surface area contributed by atoms with Crippen LogP contribution in [-0.4, -0.2) is 28.5 Å². The molecule has 1 saturated carbocycles. The Morgan fingerprint density at radius 3 is 2.68 bits per heavy atom. The van der Waals surface area contributed by atoms with Crippen molar-refractivity contribution < 1.29 is 4.39 Å². The fourth-order valence-electron chi connectivity index (χ4n) is 3.20. The van der Waals surface area contributed by atoms with Gasteiger partial charge in [-0.05, 0) is 37.4 Å². The van der Waals surface area contributed by atoms with Crippen LogP contribution in [0.1, 0.15) is 44.6 Å². The normalized spacial score (nSPS) is 18.1. The second-order valence-corrected chi connectivity index (χ2v) is 5.57. The highest BCUT2D eigenvalue weighted by molar-refractivity contribution is 5.11. The minimum absolute atomic E-state index is 0.113. The summed E-state index contributed by atoms with van der Waals surface area (Å²) in [7, 11) is 0. The fraction of sp³-hybridized carbons (Fsp3) is 0.667. The van der Waals surface area contributed by atoms with E-state index in [1.54, 1.807) is 12.3 Å². The van der Waals surface area contributed by atoms with E-state index >= 15 is 0 Å². The van der Waals surface area contributed by atoms with Gasteiger partial charge in [0.15, 0.2) is 0 Å². The average molecular weight is 265 g/mol. The van der Waals surface area contributed by atoms with E-state index < -0.39 is 0 Å². The van der Waals surface area contributed by atoms with Crippen LogP contribution in [0.5, 0.6) is 0 Å². The van der Waals surface area contributed by atoms with Crippen molar-refractivity contribution in [2.45, 2.75) is 51.1 Å². The molecule has 1 fully saturated rings. The molecule has 1 aliphatic carbocycles. The van der Waals surface area contributed by atoms with Crippen LogP contribution in [0.3, 0.4) is 0 Å². The third-order valence-corrected chi connectivity index (χ3v) is 4.21. The molecule has 3 nitrogen and oxygen atoms in total. The van der Waals surface area contributed by atoms with E-state index in [4.69, 9.17) is 5.73 Å². The van der Waals surface area contributed by atoms with Crippen molar-refractivity contribution >= 4 is 0 Å². The Kier molecular flexibility index (Phi) is 4.88. The van der Waals surface area contributed by atoms with Gasteiger partial charge in [-0.3, -0.25) is 9.88 Å². The Balaban J connectivity index is 2.15. The van der Waals surface area contributed by atoms with Crippen molar-refractivity contribution in [3.05, 3.63) is 29.8 Å². The Morgan fingerprint density at radius 2 is 2.11 bits per heavy atom. The molecule has 0 aromatic carbocycles. The van der Waals surface area contributed by atoms with Gasteiger partial charge >= 0.3 is 0 Å². The number of halogens is 1. The first-order chi connectivity index (χ1) is 9.20. The van der Waals surface area contributed by atoms with Gasteiger partial charge in [0.2, 0.25) is 0 Å². The van der Waals surface area contributed by atoms with E-state index in [-0.39, 0.29) is 11.4 Å². The molecule has 0 bridgehead atoms. The van der Waals surface area contributed by atoms with Gasteiger partial charge in [0, 0.05) is 24.8 Å². The predicted molar refractivity (Wildman–Crippen MR) is 75.1 cm³/mol. The smallest absolute Gasteiger partial charge is 0.141 e. The lowest BCUT2D eigenvalue weighted by atomic mass is 9.94. The molecule has 1 heterocycles. The molecule has 2 N–H and O–H groups in total. The molecule has 1 aliphatic rings. The summed E-state index contributed by atoms with van der Waals surface area (Å²) >= 11 is 0. The molecule has 19 heavy (non-hydrogen) atoms. The highest BCUT2D eigenvalue weighted by Gasteiger charge is 2.37. The zero-order valence-electron chi connectivity index (χ0n) is 11.7. The Bertz CT molecular complexity index is 402. The molecule has 4 heteroatoms. The molecule has 1 aromatic heterocycles. The van der Waals surface area contributed by atoms with Gasteiger partial charge in [0.1, 0.15) is 5.82 Å². The summed E-state index contributed by atoms with van der Waals surface area (Å²) in [6.07, 6.45) is 8.91. The maximum Gasteiger partial charge on any atom is 0.141 e. The number of hydrogen-bond donors (Lipinski definition) is 1. The quantitative estimate of drug-likeness (QED) is 0.860. The van der Waals surface area contributed by atoms with Crippen LogP contribution in [0.2, 0.25) is 0 Å². The van der Waals surface area contributed by atoms with Gasteiger partial charge in [-0.25, -0.2) is 4.39 Å². The molecular formula is C15H24FN3. The monoisotopic (exact) mass is 265 g/mol. The van der Waals surface area contributed by atoms with Crippen LogP contribution < -0.4 is 5.73 Å². The zero-order chi connectivity index (χ0) is 13.7. The lowest BCUT2D eigenvalue weighted by Gasteiger charge is -2.40. The minimum atomic E-state index is -0.262. The van der Waals surface area contributed by atoms with E-state index in [1.165, 1.54) is 19.0 Å². The van der Waals surface area contributed by atoms with E-state index in [1.807, 2.05) is 0 Å². The number of aromatic nitrogens is 1. The maximum atomic E-state index is 13.3. The van der Waals surface area contributed by atoms with Crippen LogP contribution in [-0.2, 0) is 6.54 Å². The molecule has 0 saturated heterocycles. The molecule has 0 radical (unpaired) electrons. The number of nitrogens with two attached hydrogens (primary N) is 1. The molecule has 0 unspecified atom stereocenters. The van der Waals surface area contributed by atoms with E-state index in [9.17, 15) is 4.39 Å². The second-order valence-electron chi connectivity index (χ2n) is 5.57. The first kappa shape index (κ1) is 14.4. The molecule has 1 aromatic rings. The van der Waals surface area contributed by atoms with E-state index in [2.05, 4.69) is 16.8 Å². The fourth-order valence-corrected chi connectivity index (χ4v) is 3.20. The van der Waals surface area contributed by atoms with Crippen LogP contribution in [0.25, 0.3) is 0 Å². The number of hydrogen-bond acceptors (Lipinski definition) is 3. The largest absolute Gasteiger partial charge is 0.329 e. The average Bonchev–Trinajstić information content (AvgIpc) is 2.88. The highest BCUT2D eigenvalue weighted by Crippen LogP contribution is 2.35. The van der Waals surface area contributed by atoms with Crippen LogP contribution in [0.15, 0.2) is 18.5 Å². The third-order valence-electron chi connectivity index (χ3n) is 4.21. The first-order valence-corrected chi connectivity index (χ1v) is 7.25. The molecule has 0 amide bonds. The Hall–Kier alpha value is -1.00. The zero-order valence-corrected chi connectivity index (χ0v) is 11.7. The van der Waals surface area contributed by atoms with Crippen molar-refractivity contribution in [3.63, 3.8) is 0 Å². The first-order valence-electron chi connectivity index (χ1n) is 7.25. The van der Waals surface area contributed by atoms with Crippen LogP contribution in [0, 0.1) is 5.82 Å². The number of pyridine rings is 1. The van der Waals surface area contributed by atoms with Crippen molar-refractivity contribution in [3.8, 4) is 0 Å². The van der Waals surface area contributed by atoms with Crippen molar-refractivity contribution in [1.82, 2.24) is 9.88 Å². The van der Waals surface area contributed by atoms with Gasteiger partial charge < -0.3 is 5.73 Å². The van der Waals surface area contributed by atoms with Crippen molar-refractivity contribution in [2.24, 2.45) is 5.73 Å². The third kappa shape index (κ3) is 3.31.